The molecule has 0 aliphatic heterocycles. The SMILES string of the molecule is C[C@]12CCC(=O)C=C1C=C[C@H]1[C@@H]3CC[C@@](O)(CCC(=O)O)[C@@]3(C=NO)C[C@H](O)[C@@]12F. The van der Waals surface area contributed by atoms with Crippen molar-refractivity contribution in [1.82, 2.24) is 0 Å². The number of allylic oxidation sites excluding steroid dienone is 4. The Kier molecular flexibility index (Phi) is 4.74. The summed E-state index contributed by atoms with van der Waals surface area (Å²) in [7, 11) is 0. The van der Waals surface area contributed by atoms with Gasteiger partial charge in [0.05, 0.1) is 17.9 Å². The van der Waals surface area contributed by atoms with Gasteiger partial charge in [0.15, 0.2) is 11.5 Å². The molecule has 4 aliphatic carbocycles. The van der Waals surface area contributed by atoms with Crippen LogP contribution in [0.4, 0.5) is 4.39 Å². The molecule has 0 amide bonds. The summed E-state index contributed by atoms with van der Waals surface area (Å²) in [6, 6.07) is 0. The van der Waals surface area contributed by atoms with E-state index in [2.05, 4.69) is 5.16 Å². The van der Waals surface area contributed by atoms with Crippen molar-refractivity contribution in [3.8, 4) is 0 Å². The molecule has 2 saturated carbocycles. The number of hydrogen-bond acceptors (Lipinski definition) is 6. The monoisotopic (exact) mass is 421 g/mol. The number of halogens is 1. The van der Waals surface area contributed by atoms with Crippen LogP contribution in [-0.4, -0.2) is 55.9 Å². The summed E-state index contributed by atoms with van der Waals surface area (Å²) in [5.74, 6) is -2.38. The van der Waals surface area contributed by atoms with Crippen LogP contribution in [-0.2, 0) is 9.59 Å². The fourth-order valence-corrected chi connectivity index (χ4v) is 6.88. The van der Waals surface area contributed by atoms with E-state index in [9.17, 15) is 25.0 Å². The molecule has 0 heterocycles. The summed E-state index contributed by atoms with van der Waals surface area (Å²) in [6.07, 6.45) is 5.13. The Morgan fingerprint density at radius 3 is 2.80 bits per heavy atom. The van der Waals surface area contributed by atoms with Gasteiger partial charge in [-0.25, -0.2) is 4.39 Å². The summed E-state index contributed by atoms with van der Waals surface area (Å²) in [5.41, 5.74) is -5.31. The maximum absolute atomic E-state index is 16.9. The first-order valence-corrected chi connectivity index (χ1v) is 10.5. The maximum atomic E-state index is 16.9. The van der Waals surface area contributed by atoms with E-state index in [-0.39, 0.29) is 44.3 Å². The Bertz CT molecular complexity index is 870. The quantitative estimate of drug-likeness (QED) is 0.314. The van der Waals surface area contributed by atoms with Gasteiger partial charge in [0.1, 0.15) is 0 Å². The Balaban J connectivity index is 1.83. The summed E-state index contributed by atoms with van der Waals surface area (Å²) in [6.45, 7) is 1.74. The number of carboxylic acid groups (broad SMARTS) is 1. The molecule has 4 rings (SSSR count). The van der Waals surface area contributed by atoms with Crippen LogP contribution in [0.5, 0.6) is 0 Å². The number of ketones is 1. The molecule has 4 aliphatic rings. The van der Waals surface area contributed by atoms with Crippen LogP contribution in [0, 0.1) is 22.7 Å². The molecule has 8 heteroatoms. The van der Waals surface area contributed by atoms with Gasteiger partial charge < -0.3 is 20.5 Å². The fraction of sp³-hybridized carbons (Fsp3) is 0.682. The molecule has 0 spiro atoms. The van der Waals surface area contributed by atoms with Gasteiger partial charge in [-0.15, -0.1) is 5.16 Å². The number of rotatable bonds is 4. The van der Waals surface area contributed by atoms with Crippen LogP contribution < -0.4 is 0 Å². The average molecular weight is 421 g/mol. The zero-order chi connectivity index (χ0) is 21.9. The average Bonchev–Trinajstić information content (AvgIpc) is 2.95. The van der Waals surface area contributed by atoms with Gasteiger partial charge in [0, 0.05) is 29.6 Å². The molecular formula is C22H28FNO6. The smallest absolute Gasteiger partial charge is 0.303 e. The number of alkyl halides is 1. The topological polar surface area (TPSA) is 127 Å². The van der Waals surface area contributed by atoms with Crippen LogP contribution >= 0.6 is 0 Å². The molecule has 7 nitrogen and oxygen atoms in total. The zero-order valence-electron chi connectivity index (χ0n) is 16.9. The van der Waals surface area contributed by atoms with Crippen molar-refractivity contribution in [3.05, 3.63) is 23.8 Å². The maximum Gasteiger partial charge on any atom is 0.303 e. The van der Waals surface area contributed by atoms with Crippen LogP contribution in [0.3, 0.4) is 0 Å². The number of carboxylic acids is 1. The van der Waals surface area contributed by atoms with Crippen molar-refractivity contribution in [2.75, 3.05) is 0 Å². The second-order valence-electron chi connectivity index (χ2n) is 9.63. The lowest BCUT2D eigenvalue weighted by Gasteiger charge is -2.61. The van der Waals surface area contributed by atoms with Crippen molar-refractivity contribution in [3.63, 3.8) is 0 Å². The van der Waals surface area contributed by atoms with Crippen molar-refractivity contribution >= 4 is 18.0 Å². The molecule has 0 saturated heterocycles. The molecule has 0 radical (unpaired) electrons. The highest BCUT2D eigenvalue weighted by molar-refractivity contribution is 5.92. The minimum absolute atomic E-state index is 0.0647. The lowest BCUT2D eigenvalue weighted by molar-refractivity contribution is -0.195. The van der Waals surface area contributed by atoms with Crippen LogP contribution in [0.1, 0.15) is 51.9 Å². The number of carbonyl (C=O) groups excluding carboxylic acids is 1. The van der Waals surface area contributed by atoms with Crippen molar-refractivity contribution in [2.24, 2.45) is 27.8 Å². The van der Waals surface area contributed by atoms with Gasteiger partial charge in [-0.05, 0) is 49.7 Å². The molecule has 0 aromatic heterocycles. The van der Waals surface area contributed by atoms with Crippen LogP contribution in [0.25, 0.3) is 0 Å². The second kappa shape index (κ2) is 6.72. The first-order chi connectivity index (χ1) is 14.0. The normalized spacial score (nSPS) is 47.5. The summed E-state index contributed by atoms with van der Waals surface area (Å²) in [5, 5.41) is 44.3. The summed E-state index contributed by atoms with van der Waals surface area (Å²) >= 11 is 0. The molecule has 7 atom stereocenters. The third-order valence-electron chi connectivity index (χ3n) is 8.53. The highest BCUT2D eigenvalue weighted by Crippen LogP contribution is 2.69. The standard InChI is InChI=1S/C22H28FNO6/c1-19-7-4-14(25)10-13(19)2-3-16-15-5-8-21(29,9-6-18(27)28)20(15,12-24-30)11-17(26)22(16,19)23/h2-3,10,12,15-17,26,29-30H,4-9,11H2,1H3,(H,27,28)/t15-,16-,17-,19-,20+,21+,22-/m0/s1. The van der Waals surface area contributed by atoms with E-state index in [1.54, 1.807) is 19.1 Å². The van der Waals surface area contributed by atoms with Crippen molar-refractivity contribution < 1.29 is 34.5 Å². The van der Waals surface area contributed by atoms with Gasteiger partial charge in [0.25, 0.3) is 0 Å². The number of nitrogens with zero attached hydrogens (tertiary/aromatic N) is 1. The van der Waals surface area contributed by atoms with Crippen molar-refractivity contribution in [1.29, 1.82) is 0 Å². The molecule has 0 unspecified atom stereocenters. The predicted octanol–water partition coefficient (Wildman–Crippen LogP) is 2.39. The third kappa shape index (κ3) is 2.52. The molecule has 164 valence electrons. The number of aliphatic carboxylic acids is 1. The van der Waals surface area contributed by atoms with Crippen LogP contribution in [0.2, 0.25) is 0 Å². The molecule has 0 aromatic rings. The Morgan fingerprint density at radius 2 is 2.13 bits per heavy atom. The first-order valence-electron chi connectivity index (χ1n) is 10.5. The Hall–Kier alpha value is -2.06. The van der Waals surface area contributed by atoms with Crippen LogP contribution in [0.15, 0.2) is 29.0 Å². The molecule has 30 heavy (non-hydrogen) atoms. The highest BCUT2D eigenvalue weighted by Gasteiger charge is 2.73. The molecule has 2 fully saturated rings. The number of oxime groups is 1. The van der Waals surface area contributed by atoms with E-state index < -0.39 is 46.0 Å². The van der Waals surface area contributed by atoms with Gasteiger partial charge in [-0.2, -0.15) is 0 Å². The zero-order valence-corrected chi connectivity index (χ0v) is 16.9. The first kappa shape index (κ1) is 21.2. The van der Waals surface area contributed by atoms with Gasteiger partial charge in [0.2, 0.25) is 0 Å². The van der Waals surface area contributed by atoms with Gasteiger partial charge in [-0.1, -0.05) is 19.1 Å². The van der Waals surface area contributed by atoms with E-state index >= 15 is 4.39 Å². The Labute approximate surface area is 174 Å². The molecular weight excluding hydrogens is 393 g/mol. The second-order valence-corrected chi connectivity index (χ2v) is 9.63. The fourth-order valence-electron chi connectivity index (χ4n) is 6.88. The minimum atomic E-state index is -2.05. The van der Waals surface area contributed by atoms with E-state index in [1.807, 2.05) is 0 Å². The largest absolute Gasteiger partial charge is 0.481 e. The van der Waals surface area contributed by atoms with E-state index in [0.717, 1.165) is 0 Å². The highest BCUT2D eigenvalue weighted by atomic mass is 19.1. The molecule has 0 bridgehead atoms. The number of carbonyl (C=O) groups is 2. The number of aliphatic hydroxyl groups excluding tert-OH is 1. The predicted molar refractivity (Wildman–Crippen MR) is 105 cm³/mol. The third-order valence-corrected chi connectivity index (χ3v) is 8.53. The van der Waals surface area contributed by atoms with Gasteiger partial charge in [-0.3, -0.25) is 9.59 Å². The molecule has 4 N–H and O–H groups in total. The van der Waals surface area contributed by atoms with Gasteiger partial charge >= 0.3 is 5.97 Å². The van der Waals surface area contributed by atoms with E-state index in [0.29, 0.717) is 12.0 Å². The minimum Gasteiger partial charge on any atom is -0.481 e. The molecule has 0 aromatic carbocycles. The Morgan fingerprint density at radius 1 is 1.40 bits per heavy atom. The number of hydrogen-bond donors (Lipinski definition) is 4. The lowest BCUT2D eigenvalue weighted by Crippen LogP contribution is -2.68. The number of fused-ring (bicyclic) bond motifs is 5. The number of aliphatic hydroxyl groups is 2. The lowest BCUT2D eigenvalue weighted by atomic mass is 9.45. The van der Waals surface area contributed by atoms with E-state index in [4.69, 9.17) is 5.11 Å². The summed E-state index contributed by atoms with van der Waals surface area (Å²) < 4.78 is 16.9. The van der Waals surface area contributed by atoms with Crippen molar-refractivity contribution in [2.45, 2.75) is 69.2 Å². The van der Waals surface area contributed by atoms with E-state index in [1.165, 1.54) is 12.3 Å². The summed E-state index contributed by atoms with van der Waals surface area (Å²) in [4.78, 5) is 23.1.